The van der Waals surface area contributed by atoms with Crippen LogP contribution in [0.2, 0.25) is 0 Å². The molecule has 7 heteroatoms. The molecule has 0 unspecified atom stereocenters. The minimum Gasteiger partial charge on any atom is -0.416 e. The number of nitrogens with zero attached hydrogens (tertiary/aromatic N) is 3. The number of benzene rings is 1. The Balaban J connectivity index is 1.40. The van der Waals surface area contributed by atoms with Gasteiger partial charge in [-0.3, -0.25) is 9.69 Å². The number of ether oxygens (including phenoxy) is 1. The molecule has 3 fully saturated rings. The van der Waals surface area contributed by atoms with Crippen molar-refractivity contribution in [3.8, 4) is 17.9 Å². The lowest BCUT2D eigenvalue weighted by molar-refractivity contribution is 0.0217. The van der Waals surface area contributed by atoms with Crippen molar-refractivity contribution >= 4 is 5.91 Å². The summed E-state index contributed by atoms with van der Waals surface area (Å²) < 4.78 is 10.5. The number of rotatable bonds is 4. The molecule has 0 saturated carbocycles. The molecule has 0 spiro atoms. The van der Waals surface area contributed by atoms with E-state index < -0.39 is 0 Å². The summed E-state index contributed by atoms with van der Waals surface area (Å²) in [7, 11) is 0. The van der Waals surface area contributed by atoms with Gasteiger partial charge in [0.1, 0.15) is 18.1 Å². The Morgan fingerprint density at radius 2 is 2.08 bits per heavy atom. The molecule has 2 bridgehead atoms. The van der Waals surface area contributed by atoms with Crippen molar-refractivity contribution < 1.29 is 13.9 Å². The standard InChI is InChI=1S/C19H20N4O3/c1-12-17(13-6-8-23(12)9-7-13)22-18(24)14-2-4-16(5-3-14)26-19-21-15(10-20)11-25-19/h2-5,11-13,17H,6-9H2,1H3,(H,22,24)/t12-,17-/m0/s1. The van der Waals surface area contributed by atoms with Crippen LogP contribution in [0.5, 0.6) is 11.8 Å². The van der Waals surface area contributed by atoms with E-state index in [0.717, 1.165) is 25.9 Å². The van der Waals surface area contributed by atoms with Gasteiger partial charge >= 0.3 is 6.08 Å². The number of aromatic nitrogens is 1. The first-order valence-electron chi connectivity index (χ1n) is 8.82. The summed E-state index contributed by atoms with van der Waals surface area (Å²) in [4.78, 5) is 18.9. The molecule has 0 radical (unpaired) electrons. The lowest BCUT2D eigenvalue weighted by Crippen LogP contribution is -2.62. The number of fused-ring (bicyclic) bond motifs is 3. The highest BCUT2D eigenvalue weighted by Gasteiger charge is 2.40. The summed E-state index contributed by atoms with van der Waals surface area (Å²) >= 11 is 0. The Hall–Kier alpha value is -2.85. The van der Waals surface area contributed by atoms with E-state index in [1.165, 1.54) is 6.26 Å². The molecule has 5 rings (SSSR count). The maximum absolute atomic E-state index is 12.6. The quantitative estimate of drug-likeness (QED) is 0.909. The SMILES string of the molecule is C[C@H]1[C@H](NC(=O)c2ccc(Oc3nc(C#N)co3)cc2)C2CCN1CC2. The third kappa shape index (κ3) is 3.16. The molecule has 26 heavy (non-hydrogen) atoms. The van der Waals surface area contributed by atoms with E-state index in [2.05, 4.69) is 22.1 Å². The first-order valence-corrected chi connectivity index (χ1v) is 8.82. The fourth-order valence-corrected chi connectivity index (χ4v) is 3.91. The Morgan fingerprint density at radius 1 is 1.35 bits per heavy atom. The molecule has 1 aromatic heterocycles. The van der Waals surface area contributed by atoms with Crippen LogP contribution in [0.15, 0.2) is 34.9 Å². The number of amides is 1. The van der Waals surface area contributed by atoms with Crippen LogP contribution < -0.4 is 10.1 Å². The van der Waals surface area contributed by atoms with Crippen LogP contribution in [-0.2, 0) is 0 Å². The molecule has 7 nitrogen and oxygen atoms in total. The van der Waals surface area contributed by atoms with Crippen LogP contribution in [0.4, 0.5) is 0 Å². The van der Waals surface area contributed by atoms with E-state index in [4.69, 9.17) is 14.4 Å². The largest absolute Gasteiger partial charge is 0.416 e. The number of nitriles is 1. The Kier molecular flexibility index (Phi) is 4.35. The molecule has 1 aromatic carbocycles. The zero-order valence-electron chi connectivity index (χ0n) is 14.5. The Morgan fingerprint density at radius 3 is 2.69 bits per heavy atom. The van der Waals surface area contributed by atoms with Crippen molar-refractivity contribution in [2.24, 2.45) is 5.92 Å². The lowest BCUT2D eigenvalue weighted by Gasteiger charge is -2.49. The third-order valence-corrected chi connectivity index (χ3v) is 5.39. The van der Waals surface area contributed by atoms with Crippen molar-refractivity contribution in [2.75, 3.05) is 13.1 Å². The number of hydrogen-bond acceptors (Lipinski definition) is 6. The first kappa shape index (κ1) is 16.6. The molecule has 2 atom stereocenters. The molecular formula is C19H20N4O3. The minimum absolute atomic E-state index is 0.000133. The summed E-state index contributed by atoms with van der Waals surface area (Å²) in [6, 6.07) is 9.26. The van der Waals surface area contributed by atoms with E-state index in [1.54, 1.807) is 24.3 Å². The highest BCUT2D eigenvalue weighted by molar-refractivity contribution is 5.94. The summed E-state index contributed by atoms with van der Waals surface area (Å²) in [6.45, 7) is 4.47. The number of oxazole rings is 1. The van der Waals surface area contributed by atoms with Crippen molar-refractivity contribution in [1.29, 1.82) is 5.26 Å². The maximum atomic E-state index is 12.6. The molecule has 3 saturated heterocycles. The summed E-state index contributed by atoms with van der Waals surface area (Å²) in [5.74, 6) is 0.995. The Bertz CT molecular complexity index is 829. The minimum atomic E-state index is -0.0648. The fourth-order valence-electron chi connectivity index (χ4n) is 3.91. The number of nitrogens with one attached hydrogen (secondary N) is 1. The van der Waals surface area contributed by atoms with Crippen molar-refractivity contribution in [1.82, 2.24) is 15.2 Å². The average Bonchev–Trinajstić information content (AvgIpc) is 3.13. The number of hydrogen-bond donors (Lipinski definition) is 1. The van der Waals surface area contributed by atoms with E-state index >= 15 is 0 Å². The number of carbonyl (C=O) groups excluding carboxylic acids is 1. The molecular weight excluding hydrogens is 332 g/mol. The van der Waals surface area contributed by atoms with E-state index in [-0.39, 0.29) is 23.7 Å². The highest BCUT2D eigenvalue weighted by atomic mass is 16.6. The summed E-state index contributed by atoms with van der Waals surface area (Å²) in [5.41, 5.74) is 0.744. The normalized spacial score (nSPS) is 26.9. The van der Waals surface area contributed by atoms with Crippen molar-refractivity contribution in [3.05, 3.63) is 41.8 Å². The average molecular weight is 352 g/mol. The molecule has 1 amide bonds. The van der Waals surface area contributed by atoms with Crippen molar-refractivity contribution in [2.45, 2.75) is 31.8 Å². The van der Waals surface area contributed by atoms with Crippen LogP contribution in [0, 0.1) is 17.2 Å². The molecule has 134 valence electrons. The van der Waals surface area contributed by atoms with Gasteiger partial charge in [0.15, 0.2) is 5.69 Å². The van der Waals surface area contributed by atoms with Gasteiger partial charge in [-0.1, -0.05) is 0 Å². The van der Waals surface area contributed by atoms with Crippen LogP contribution >= 0.6 is 0 Å². The van der Waals surface area contributed by atoms with Gasteiger partial charge < -0.3 is 14.5 Å². The second-order valence-electron chi connectivity index (χ2n) is 6.85. The number of carbonyl (C=O) groups is 1. The predicted octanol–water partition coefficient (Wildman–Crippen LogP) is 2.55. The van der Waals surface area contributed by atoms with Gasteiger partial charge in [-0.15, -0.1) is 0 Å². The molecule has 2 aromatic rings. The van der Waals surface area contributed by atoms with Crippen molar-refractivity contribution in [3.63, 3.8) is 0 Å². The van der Waals surface area contributed by atoms with Crippen LogP contribution in [0.1, 0.15) is 35.8 Å². The summed E-state index contributed by atoms with van der Waals surface area (Å²) in [5, 5.41) is 11.9. The van der Waals surface area contributed by atoms with Gasteiger partial charge in [0.05, 0.1) is 0 Å². The molecule has 0 aliphatic carbocycles. The van der Waals surface area contributed by atoms with E-state index in [0.29, 0.717) is 23.3 Å². The first-order chi connectivity index (χ1) is 12.6. The van der Waals surface area contributed by atoms with Crippen LogP contribution in [0.3, 0.4) is 0 Å². The second-order valence-corrected chi connectivity index (χ2v) is 6.85. The second kappa shape index (κ2) is 6.81. The maximum Gasteiger partial charge on any atom is 0.400 e. The van der Waals surface area contributed by atoms with Gasteiger partial charge in [0, 0.05) is 17.6 Å². The van der Waals surface area contributed by atoms with Gasteiger partial charge in [-0.2, -0.15) is 10.2 Å². The zero-order valence-corrected chi connectivity index (χ0v) is 14.5. The summed E-state index contributed by atoms with van der Waals surface area (Å²) in [6.07, 6.45) is 3.54. The molecule has 4 heterocycles. The predicted molar refractivity (Wildman–Crippen MR) is 92.7 cm³/mol. The smallest absolute Gasteiger partial charge is 0.400 e. The highest BCUT2D eigenvalue weighted by Crippen LogP contribution is 2.32. The van der Waals surface area contributed by atoms with Gasteiger partial charge in [-0.05, 0) is 63.0 Å². The fraction of sp³-hybridized carbons (Fsp3) is 0.421. The zero-order chi connectivity index (χ0) is 18.1. The molecule has 1 N–H and O–H groups in total. The van der Waals surface area contributed by atoms with Gasteiger partial charge in [-0.25, -0.2) is 0 Å². The third-order valence-electron chi connectivity index (χ3n) is 5.39. The molecule has 3 aliphatic heterocycles. The molecule has 3 aliphatic rings. The topological polar surface area (TPSA) is 91.4 Å². The monoisotopic (exact) mass is 352 g/mol. The van der Waals surface area contributed by atoms with E-state index in [9.17, 15) is 4.79 Å². The van der Waals surface area contributed by atoms with Gasteiger partial charge in [0.2, 0.25) is 0 Å². The van der Waals surface area contributed by atoms with Gasteiger partial charge in [0.25, 0.3) is 5.91 Å². The van der Waals surface area contributed by atoms with Crippen LogP contribution in [0.25, 0.3) is 0 Å². The Labute approximate surface area is 151 Å². The van der Waals surface area contributed by atoms with Crippen LogP contribution in [-0.4, -0.2) is 41.0 Å². The number of piperidine rings is 3. The lowest BCUT2D eigenvalue weighted by atomic mass is 9.79. The van der Waals surface area contributed by atoms with E-state index in [1.807, 2.05) is 6.07 Å².